The number of carbonyl (C=O) groups excluding carboxylic acids is 4. The third kappa shape index (κ3) is 17.3. The molecule has 0 unspecified atom stereocenters. The predicted molar refractivity (Wildman–Crippen MR) is 453 cm³/mol. The van der Waals surface area contributed by atoms with Crippen molar-refractivity contribution in [1.82, 2.24) is 19.9 Å². The number of fused-ring (bicyclic) bond motifs is 5. The summed E-state index contributed by atoms with van der Waals surface area (Å²) in [7, 11) is 1.54. The molecule has 8 aromatic carbocycles. The first-order chi connectivity index (χ1) is 55.4. The number of aryl methyl sites for hydroxylation is 1. The molecule has 0 radical (unpaired) electrons. The minimum Gasteiger partial charge on any atom is -0.493 e. The lowest BCUT2D eigenvalue weighted by Crippen LogP contribution is -2.13. The van der Waals surface area contributed by atoms with Gasteiger partial charge in [-0.1, -0.05) is 77.3 Å². The van der Waals surface area contributed by atoms with Crippen molar-refractivity contribution in [2.75, 3.05) is 17.7 Å². The highest BCUT2D eigenvalue weighted by Crippen LogP contribution is 2.43. The lowest BCUT2D eigenvalue weighted by atomic mass is 9.98. The molecule has 115 heavy (non-hydrogen) atoms. The first-order valence-electron chi connectivity index (χ1n) is 33.5. The summed E-state index contributed by atoms with van der Waals surface area (Å²) in [5.74, 6) is -7.02. The number of rotatable bonds is 19. The van der Waals surface area contributed by atoms with Crippen LogP contribution in [0.25, 0.3) is 96.5 Å². The summed E-state index contributed by atoms with van der Waals surface area (Å²) in [4.78, 5) is 116. The van der Waals surface area contributed by atoms with Crippen molar-refractivity contribution in [3.8, 4) is 50.5 Å². The van der Waals surface area contributed by atoms with E-state index in [4.69, 9.17) is 44.0 Å². The highest BCUT2D eigenvalue weighted by molar-refractivity contribution is 7.18. The van der Waals surface area contributed by atoms with Crippen LogP contribution < -0.4 is 15.4 Å². The number of thiazole rings is 4. The van der Waals surface area contributed by atoms with E-state index in [2.05, 4.69) is 30.6 Å². The Kier molecular flexibility index (Phi) is 24.1. The molecule has 0 spiro atoms. The van der Waals surface area contributed by atoms with E-state index in [1.54, 1.807) is 154 Å². The lowest BCUT2D eigenvalue weighted by Gasteiger charge is -2.07. The standard InChI is InChI=1S/C22H14N2O5S2.C21H13F2NO3S2.C20H12ClNO3S2.C19H10Cl2N2O3S2/c1-28-15-4-2-3-11-8-16(29-19(11)15)13-9-30-21(18(13)22(26)27)24-20(25)12-5-6-17-14(7-12)23-10-31-17;1-10-2-4-12(20(23)19(10)22)13-8-28-17(18(13)21(26)27)7-15(25)11-3-5-16-14(6-11)24-9-29-16;21-13-4-1-11(2-5-13)14-9-26-18(19(14)20(24)25)8-16(23)12-3-6-17-15(7-12)22-10-27-17;20-12-3-1-9(5-13(12)21)11-7-27-18(16(11)19(25)26)23-17(24)10-2-4-15-14(6-10)22-8-28-15/h2-10H,1H3,(H,24,25)(H,26,27);2-6,8-9H,7H2,1H3,(H,26,27);1-7,9-10H,8H2,(H,24,25);1-8H,(H,23,24)(H,25,26). The van der Waals surface area contributed by atoms with Crippen LogP contribution in [-0.4, -0.2) is 94.7 Å². The van der Waals surface area contributed by atoms with Gasteiger partial charge in [-0.25, -0.2) is 47.9 Å². The van der Waals surface area contributed by atoms with E-state index in [9.17, 15) is 67.6 Å². The molecule has 0 saturated carbocycles. The van der Waals surface area contributed by atoms with Gasteiger partial charge in [0.2, 0.25) is 0 Å². The molecule has 9 heterocycles. The first kappa shape index (κ1) is 80.0. The van der Waals surface area contributed by atoms with Crippen molar-refractivity contribution in [2.45, 2.75) is 19.8 Å². The Labute approximate surface area is 695 Å². The molecule has 20 nitrogen and oxygen atoms in total. The van der Waals surface area contributed by atoms with E-state index < -0.39 is 47.3 Å². The van der Waals surface area contributed by atoms with E-state index >= 15 is 0 Å². The number of nitrogens with one attached hydrogen (secondary N) is 2. The minimum atomic E-state index is -1.29. The summed E-state index contributed by atoms with van der Waals surface area (Å²) >= 11 is 28.4. The molecule has 9 aromatic heterocycles. The van der Waals surface area contributed by atoms with Gasteiger partial charge in [0.1, 0.15) is 26.9 Å². The second-order valence-corrected chi connectivity index (χ2v) is 33.2. The van der Waals surface area contributed by atoms with Crippen molar-refractivity contribution in [3.63, 3.8) is 0 Å². The number of amides is 2. The molecule has 0 saturated heterocycles. The topological polar surface area (TPSA) is 315 Å². The molecule has 0 atom stereocenters. The number of furan rings is 1. The number of carbonyl (C=O) groups is 8. The zero-order valence-electron chi connectivity index (χ0n) is 58.8. The number of benzene rings is 8. The van der Waals surface area contributed by atoms with Crippen LogP contribution in [0.5, 0.6) is 5.75 Å². The molecule has 574 valence electrons. The van der Waals surface area contributed by atoms with Gasteiger partial charge in [0.25, 0.3) is 11.8 Å². The number of halogens is 5. The van der Waals surface area contributed by atoms with Crippen LogP contribution in [0.2, 0.25) is 15.1 Å². The predicted octanol–water partition coefficient (Wildman–Crippen LogP) is 23.5. The van der Waals surface area contributed by atoms with Crippen LogP contribution in [0.1, 0.15) is 98.2 Å². The third-order valence-corrected chi connectivity index (χ3v) is 25.7. The Morgan fingerprint density at radius 3 is 1.36 bits per heavy atom. The van der Waals surface area contributed by atoms with Crippen molar-refractivity contribution < 1.29 is 76.7 Å². The zero-order chi connectivity index (χ0) is 81.0. The summed E-state index contributed by atoms with van der Waals surface area (Å²) in [5.41, 5.74) is 14.9. The quantitative estimate of drug-likeness (QED) is 0.0410. The monoisotopic (exact) mass is 1740 g/mol. The van der Waals surface area contributed by atoms with Crippen molar-refractivity contribution in [2.24, 2.45) is 0 Å². The maximum absolute atomic E-state index is 14.4. The normalized spacial score (nSPS) is 11.1. The Morgan fingerprint density at radius 2 is 0.870 bits per heavy atom. The minimum absolute atomic E-state index is 0.00600. The second kappa shape index (κ2) is 34.6. The van der Waals surface area contributed by atoms with Gasteiger partial charge in [0, 0.05) is 93.8 Å². The lowest BCUT2D eigenvalue weighted by molar-refractivity contribution is 0.0686. The van der Waals surface area contributed by atoms with Crippen molar-refractivity contribution in [3.05, 3.63) is 282 Å². The number of carboxylic acid groups (broad SMARTS) is 4. The molecule has 0 bridgehead atoms. The molecule has 17 rings (SSSR count). The number of aromatic carboxylic acids is 4. The number of hydrogen-bond donors (Lipinski definition) is 6. The maximum Gasteiger partial charge on any atom is 0.339 e. The Balaban J connectivity index is 0.000000127. The number of Topliss-reactive ketones (excluding diaryl/α,β-unsaturated/α-hetero) is 2. The number of nitrogens with zero attached hydrogens (tertiary/aromatic N) is 4. The molecule has 33 heteroatoms. The van der Waals surface area contributed by atoms with Gasteiger partial charge < -0.3 is 40.2 Å². The van der Waals surface area contributed by atoms with E-state index in [-0.39, 0.29) is 78.2 Å². The van der Waals surface area contributed by atoms with Gasteiger partial charge in [-0.2, -0.15) is 0 Å². The van der Waals surface area contributed by atoms with Crippen LogP contribution in [0, 0.1) is 18.6 Å². The summed E-state index contributed by atoms with van der Waals surface area (Å²) in [6.45, 7) is 1.43. The van der Waals surface area contributed by atoms with Crippen LogP contribution >= 0.6 is 125 Å². The first-order valence-corrected chi connectivity index (χ1v) is 41.7. The van der Waals surface area contributed by atoms with Crippen molar-refractivity contribution >= 4 is 235 Å². The molecular weight excluding hydrogens is 1690 g/mol. The van der Waals surface area contributed by atoms with E-state index in [0.29, 0.717) is 87.1 Å². The average molecular weight is 1740 g/mol. The highest BCUT2D eigenvalue weighted by Gasteiger charge is 2.29. The number of carboxylic acids is 4. The van der Waals surface area contributed by atoms with Crippen molar-refractivity contribution in [1.29, 1.82) is 0 Å². The van der Waals surface area contributed by atoms with Crippen LogP contribution in [-0.2, 0) is 12.8 Å². The second-order valence-electron chi connectivity index (χ2n) is 24.8. The Bertz CT molecular complexity index is 6740. The van der Waals surface area contributed by atoms with Gasteiger partial charge in [0.05, 0.1) is 91.2 Å². The third-order valence-electron chi connectivity index (χ3n) is 17.7. The fourth-order valence-corrected chi connectivity index (χ4v) is 19.1. The molecule has 0 aliphatic carbocycles. The molecular formula is C82H49Cl3F2N6O14S8. The van der Waals surface area contributed by atoms with Gasteiger partial charge in [-0.15, -0.1) is 90.7 Å². The number of aromatic nitrogens is 4. The zero-order valence-corrected chi connectivity index (χ0v) is 67.6. The van der Waals surface area contributed by atoms with E-state index in [1.165, 1.54) is 81.1 Å². The number of thiophene rings is 4. The number of ketones is 2. The van der Waals surface area contributed by atoms with Gasteiger partial charge in [-0.05, 0) is 144 Å². The number of anilines is 2. The van der Waals surface area contributed by atoms with Gasteiger partial charge in [-0.3, -0.25) is 19.2 Å². The van der Waals surface area contributed by atoms with E-state index in [0.717, 1.165) is 80.3 Å². The Morgan fingerprint density at radius 1 is 0.435 bits per heavy atom. The number of methoxy groups -OCH3 is 1. The van der Waals surface area contributed by atoms with E-state index in [1.807, 2.05) is 30.3 Å². The Hall–Kier alpha value is -11.7. The molecule has 0 aliphatic heterocycles. The fourth-order valence-electron chi connectivity index (χ4n) is 12.0. The number of para-hydroxylation sites is 1. The van der Waals surface area contributed by atoms with Crippen LogP contribution in [0.15, 0.2) is 200 Å². The fraction of sp³-hybridized carbons (Fsp3) is 0.0488. The average Bonchev–Trinajstić information content (AvgIpc) is 0.874. The van der Waals surface area contributed by atoms with Crippen LogP contribution in [0.4, 0.5) is 18.8 Å². The summed E-state index contributed by atoms with van der Waals surface area (Å²) in [6, 6.07) is 42.7. The summed E-state index contributed by atoms with van der Waals surface area (Å²) in [6.07, 6.45) is -0.118. The van der Waals surface area contributed by atoms with Crippen LogP contribution in [0.3, 0.4) is 0 Å². The largest absolute Gasteiger partial charge is 0.493 e. The SMILES string of the molecule is COc1cccc2cc(-c3csc(NC(=O)c4ccc5scnc5c4)c3C(=O)O)oc12.Cc1ccc(-c2csc(CC(=O)c3ccc4scnc4c3)c2C(=O)O)c(F)c1F.O=C(Cc1scc(-c2ccc(Cl)cc2)c1C(=O)O)c1ccc2scnc2c1.O=C(Nc1scc(-c2ccc(Cl)c(Cl)c2)c1C(=O)O)c1ccc2scnc2c1. The molecule has 2 amide bonds. The smallest absolute Gasteiger partial charge is 0.339 e. The maximum atomic E-state index is 14.4. The summed E-state index contributed by atoms with van der Waals surface area (Å²) < 4.78 is 43.5. The molecule has 0 fully saturated rings. The van der Waals surface area contributed by atoms with Gasteiger partial charge >= 0.3 is 23.9 Å². The number of hydrogen-bond acceptors (Lipinski definition) is 22. The molecule has 17 aromatic rings. The molecule has 6 N–H and O–H groups in total. The summed E-state index contributed by atoms with van der Waals surface area (Å²) in [5, 5.41) is 53.5. The van der Waals surface area contributed by atoms with Gasteiger partial charge in [0.15, 0.2) is 34.5 Å². The number of ether oxygens (including phenoxy) is 1. The molecule has 0 aliphatic rings. The highest BCUT2D eigenvalue weighted by atomic mass is 35.5.